The Labute approximate surface area is 101 Å². The average molecular weight is 316 g/mol. The molecule has 0 saturated heterocycles. The molecule has 5 heteroatoms. The summed E-state index contributed by atoms with van der Waals surface area (Å²) in [6.07, 6.45) is 0. The third-order valence-electron chi connectivity index (χ3n) is 1.53. The van der Waals surface area contributed by atoms with Crippen molar-refractivity contribution in [2.45, 2.75) is 0 Å². The van der Waals surface area contributed by atoms with Gasteiger partial charge in [0.25, 0.3) is 5.91 Å². The third-order valence-corrected chi connectivity index (χ3v) is 2.20. The standard InChI is InChI=1S/C10H9IN2O2/c11-8-2-1-3-9(6-8)15-7-10(14)13-5-4-12/h1-3,6H,5,7H2,(H,13,14). The Kier molecular flexibility index (Phi) is 4.90. The number of nitriles is 1. The van der Waals surface area contributed by atoms with Crippen LogP contribution in [0.1, 0.15) is 0 Å². The fourth-order valence-electron chi connectivity index (χ4n) is 0.895. The maximum Gasteiger partial charge on any atom is 0.258 e. The maximum absolute atomic E-state index is 11.1. The van der Waals surface area contributed by atoms with E-state index >= 15 is 0 Å². The van der Waals surface area contributed by atoms with Crippen LogP contribution in [0.3, 0.4) is 0 Å². The zero-order valence-electron chi connectivity index (χ0n) is 7.87. The summed E-state index contributed by atoms with van der Waals surface area (Å²) in [5.41, 5.74) is 0. The van der Waals surface area contributed by atoms with Crippen LogP contribution in [0.25, 0.3) is 0 Å². The number of rotatable bonds is 4. The summed E-state index contributed by atoms with van der Waals surface area (Å²) in [7, 11) is 0. The van der Waals surface area contributed by atoms with Gasteiger partial charge in [0.05, 0.1) is 6.07 Å². The third kappa shape index (κ3) is 4.65. The first kappa shape index (κ1) is 11.8. The van der Waals surface area contributed by atoms with Crippen molar-refractivity contribution < 1.29 is 9.53 Å². The van der Waals surface area contributed by atoms with E-state index in [-0.39, 0.29) is 19.1 Å². The van der Waals surface area contributed by atoms with Crippen molar-refractivity contribution in [3.63, 3.8) is 0 Å². The van der Waals surface area contributed by atoms with Crippen molar-refractivity contribution >= 4 is 28.5 Å². The second-order valence-electron chi connectivity index (χ2n) is 2.68. The Morgan fingerprint density at radius 3 is 3.07 bits per heavy atom. The first-order chi connectivity index (χ1) is 7.22. The Balaban J connectivity index is 2.37. The van der Waals surface area contributed by atoms with E-state index in [2.05, 4.69) is 27.9 Å². The minimum absolute atomic E-state index is 0.00845. The van der Waals surface area contributed by atoms with Crippen LogP contribution >= 0.6 is 22.6 Å². The fourth-order valence-corrected chi connectivity index (χ4v) is 1.41. The molecular weight excluding hydrogens is 307 g/mol. The van der Waals surface area contributed by atoms with Gasteiger partial charge >= 0.3 is 0 Å². The summed E-state index contributed by atoms with van der Waals surface area (Å²) in [5.74, 6) is 0.351. The van der Waals surface area contributed by atoms with Gasteiger partial charge in [0.1, 0.15) is 12.3 Å². The Bertz CT molecular complexity index is 387. The number of carbonyl (C=O) groups excluding carboxylic acids is 1. The van der Waals surface area contributed by atoms with Crippen molar-refractivity contribution in [2.24, 2.45) is 0 Å². The SMILES string of the molecule is N#CCNC(=O)COc1cccc(I)c1. The minimum Gasteiger partial charge on any atom is -0.484 e. The normalized spacial score (nSPS) is 9.07. The highest BCUT2D eigenvalue weighted by molar-refractivity contribution is 14.1. The quantitative estimate of drug-likeness (QED) is 0.673. The molecule has 0 saturated carbocycles. The van der Waals surface area contributed by atoms with Crippen LogP contribution in [-0.4, -0.2) is 19.1 Å². The summed E-state index contributed by atoms with van der Waals surface area (Å²) >= 11 is 2.16. The van der Waals surface area contributed by atoms with E-state index in [1.54, 1.807) is 6.07 Å². The molecule has 0 aliphatic carbocycles. The van der Waals surface area contributed by atoms with Gasteiger partial charge < -0.3 is 10.1 Å². The molecule has 4 nitrogen and oxygen atoms in total. The second kappa shape index (κ2) is 6.24. The van der Waals surface area contributed by atoms with Gasteiger partial charge in [-0.2, -0.15) is 5.26 Å². The largest absolute Gasteiger partial charge is 0.484 e. The number of hydrogen-bond acceptors (Lipinski definition) is 3. The molecule has 0 bridgehead atoms. The average Bonchev–Trinajstić information content (AvgIpc) is 2.23. The number of nitrogens with zero attached hydrogens (tertiary/aromatic N) is 1. The molecule has 1 aromatic carbocycles. The number of ether oxygens (including phenoxy) is 1. The molecule has 0 aliphatic heterocycles. The zero-order chi connectivity index (χ0) is 11.1. The molecule has 1 aromatic rings. The molecule has 0 aliphatic rings. The fraction of sp³-hybridized carbons (Fsp3) is 0.200. The molecule has 1 amide bonds. The number of nitrogens with one attached hydrogen (secondary N) is 1. The second-order valence-corrected chi connectivity index (χ2v) is 3.93. The Morgan fingerprint density at radius 2 is 2.40 bits per heavy atom. The molecule has 0 unspecified atom stereocenters. The van der Waals surface area contributed by atoms with Crippen molar-refractivity contribution in [3.05, 3.63) is 27.8 Å². The summed E-state index contributed by atoms with van der Waals surface area (Å²) in [4.78, 5) is 11.1. The van der Waals surface area contributed by atoms with E-state index in [9.17, 15) is 4.79 Å². The van der Waals surface area contributed by atoms with Crippen LogP contribution in [0.15, 0.2) is 24.3 Å². The molecule has 0 fully saturated rings. The van der Waals surface area contributed by atoms with E-state index in [1.165, 1.54) is 0 Å². The van der Waals surface area contributed by atoms with Gasteiger partial charge in [0.2, 0.25) is 0 Å². The smallest absolute Gasteiger partial charge is 0.258 e. The van der Waals surface area contributed by atoms with Crippen molar-refractivity contribution in [1.29, 1.82) is 5.26 Å². The lowest BCUT2D eigenvalue weighted by Gasteiger charge is -2.05. The van der Waals surface area contributed by atoms with E-state index < -0.39 is 0 Å². The topological polar surface area (TPSA) is 62.1 Å². The van der Waals surface area contributed by atoms with E-state index in [0.29, 0.717) is 5.75 Å². The highest BCUT2D eigenvalue weighted by Crippen LogP contribution is 2.14. The lowest BCUT2D eigenvalue weighted by Crippen LogP contribution is -2.29. The molecule has 0 atom stereocenters. The monoisotopic (exact) mass is 316 g/mol. The van der Waals surface area contributed by atoms with Gasteiger partial charge in [-0.25, -0.2) is 0 Å². The van der Waals surface area contributed by atoms with Crippen LogP contribution in [0.5, 0.6) is 5.75 Å². The predicted octanol–water partition coefficient (Wildman–Crippen LogP) is 1.31. The van der Waals surface area contributed by atoms with Gasteiger partial charge in [-0.15, -0.1) is 0 Å². The van der Waals surface area contributed by atoms with E-state index in [4.69, 9.17) is 10.00 Å². The van der Waals surface area contributed by atoms with Crippen LogP contribution in [0.2, 0.25) is 0 Å². The summed E-state index contributed by atoms with van der Waals surface area (Å²) < 4.78 is 6.26. The summed E-state index contributed by atoms with van der Waals surface area (Å²) in [6, 6.07) is 9.21. The number of amides is 1. The van der Waals surface area contributed by atoms with E-state index in [1.807, 2.05) is 24.3 Å². The molecule has 1 N–H and O–H groups in total. The number of halogens is 1. The van der Waals surface area contributed by atoms with Gasteiger partial charge in [-0.05, 0) is 40.8 Å². The first-order valence-corrected chi connectivity index (χ1v) is 5.32. The van der Waals surface area contributed by atoms with Gasteiger partial charge in [-0.1, -0.05) is 6.07 Å². The summed E-state index contributed by atoms with van der Waals surface area (Å²) in [5, 5.41) is 10.6. The lowest BCUT2D eigenvalue weighted by atomic mass is 10.3. The first-order valence-electron chi connectivity index (χ1n) is 4.24. The number of hydrogen-bond donors (Lipinski definition) is 1. The van der Waals surface area contributed by atoms with E-state index in [0.717, 1.165) is 3.57 Å². The summed E-state index contributed by atoms with van der Waals surface area (Å²) in [6.45, 7) is -0.0592. The molecule has 1 rings (SSSR count). The maximum atomic E-state index is 11.1. The Hall–Kier alpha value is -1.29. The molecule has 0 spiro atoms. The zero-order valence-corrected chi connectivity index (χ0v) is 10.0. The van der Waals surface area contributed by atoms with Gasteiger partial charge in [0.15, 0.2) is 6.61 Å². The van der Waals surface area contributed by atoms with Gasteiger partial charge in [0, 0.05) is 3.57 Å². The molecule has 0 radical (unpaired) electrons. The molecular formula is C10H9IN2O2. The lowest BCUT2D eigenvalue weighted by molar-refractivity contribution is -0.122. The van der Waals surface area contributed by atoms with Crippen LogP contribution in [0, 0.1) is 14.9 Å². The molecule has 0 aromatic heterocycles. The van der Waals surface area contributed by atoms with Crippen LogP contribution in [-0.2, 0) is 4.79 Å². The number of carbonyl (C=O) groups is 1. The van der Waals surface area contributed by atoms with Gasteiger partial charge in [-0.3, -0.25) is 4.79 Å². The molecule has 15 heavy (non-hydrogen) atoms. The number of benzene rings is 1. The highest BCUT2D eigenvalue weighted by atomic mass is 127. The Morgan fingerprint density at radius 1 is 1.60 bits per heavy atom. The highest BCUT2D eigenvalue weighted by Gasteiger charge is 2.01. The van der Waals surface area contributed by atoms with Crippen LogP contribution in [0.4, 0.5) is 0 Å². The van der Waals surface area contributed by atoms with Crippen LogP contribution < -0.4 is 10.1 Å². The predicted molar refractivity (Wildman–Crippen MR) is 63.3 cm³/mol. The molecule has 78 valence electrons. The minimum atomic E-state index is -0.296. The molecule has 0 heterocycles. The van der Waals surface area contributed by atoms with Crippen molar-refractivity contribution in [2.75, 3.05) is 13.2 Å². The van der Waals surface area contributed by atoms with Crippen molar-refractivity contribution in [1.82, 2.24) is 5.32 Å². The van der Waals surface area contributed by atoms with Crippen molar-refractivity contribution in [3.8, 4) is 11.8 Å².